The van der Waals surface area contributed by atoms with E-state index in [1.165, 1.54) is 43.3 Å². The Morgan fingerprint density at radius 1 is 1.00 bits per heavy atom. The number of esters is 1. The number of phenolic OH excluding ortho intramolecular Hbond substituents is 2. The summed E-state index contributed by atoms with van der Waals surface area (Å²) in [7, 11) is 0. The van der Waals surface area contributed by atoms with Gasteiger partial charge in [0.2, 0.25) is 6.29 Å². The van der Waals surface area contributed by atoms with E-state index < -0.39 is 73.1 Å². The zero-order chi connectivity index (χ0) is 36.3. The van der Waals surface area contributed by atoms with Crippen LogP contribution in [-0.2, 0) is 35.1 Å². The van der Waals surface area contributed by atoms with E-state index in [0.29, 0.717) is 27.3 Å². The van der Waals surface area contributed by atoms with Crippen LogP contribution in [0.25, 0.3) is 6.08 Å². The quantitative estimate of drug-likeness (QED) is 0.0769. The smallest absolute Gasteiger partial charge is 0.363 e. The number of rotatable bonds is 11. The SMILES string of the molecule is CC(=O)[C@@H]1C/C(=C/C[NH+]2c3cc(O[C@H]4O[C@@H](COC(=O)/C=C\c5ccc(O)cc5)[C@@H](O)[C@H](O)[C@H]4O)c(O)cc3C[C@H]2C(=O)O)C=C(C(=O)O)N1. The number of carboxylic acid groups (broad SMARTS) is 2. The molecule has 3 aliphatic heterocycles. The standard InChI is InChI=1S/C34H36N2O14/c1-16(37)21-10-18(11-22(35-21)32(44)45)8-9-36-23-14-26(25(39)13-19(23)12-24(36)33(46)47)49-34-31(43)30(42)29(41)27(50-34)15-48-28(40)7-4-17-2-5-20(38)6-3-17/h2-8,11,13-14,21,24,27,29-31,34-35,38-39,41-43H,9-10,12,15H2,1H3,(H,44,45)(H,46,47)/p+1/b7-4-,18-8-/t21-,24-,27-,29+,30-,31+,34-/m0/s1. The Hall–Kier alpha value is -5.26. The highest BCUT2D eigenvalue weighted by Crippen LogP contribution is 2.36. The van der Waals surface area contributed by atoms with E-state index in [9.17, 15) is 54.9 Å². The van der Waals surface area contributed by atoms with Crippen molar-refractivity contribution < 1.29 is 74.0 Å². The minimum atomic E-state index is -1.82. The van der Waals surface area contributed by atoms with Crippen molar-refractivity contribution in [2.75, 3.05) is 13.2 Å². The van der Waals surface area contributed by atoms with Gasteiger partial charge in [0.25, 0.3) is 0 Å². The number of benzene rings is 2. The van der Waals surface area contributed by atoms with E-state index in [4.69, 9.17) is 14.2 Å². The van der Waals surface area contributed by atoms with Gasteiger partial charge in [-0.05, 0) is 60.9 Å². The highest BCUT2D eigenvalue weighted by molar-refractivity contribution is 5.90. The number of quaternary nitrogens is 1. The minimum Gasteiger partial charge on any atom is -0.508 e. The monoisotopic (exact) mass is 697 g/mol. The molecule has 1 fully saturated rings. The highest BCUT2D eigenvalue weighted by atomic mass is 16.7. The van der Waals surface area contributed by atoms with Gasteiger partial charge in [-0.25, -0.2) is 14.4 Å². The van der Waals surface area contributed by atoms with Crippen LogP contribution in [0.15, 0.2) is 65.9 Å². The zero-order valence-electron chi connectivity index (χ0n) is 26.6. The first-order valence-corrected chi connectivity index (χ1v) is 15.6. The molecule has 9 N–H and O–H groups in total. The molecule has 266 valence electrons. The lowest BCUT2D eigenvalue weighted by molar-refractivity contribution is -0.838. The number of Topliss-reactive ketones (excluding diaryl/α,β-unsaturated/α-hetero) is 1. The number of carbonyl (C=O) groups is 4. The Kier molecular flexibility index (Phi) is 10.9. The van der Waals surface area contributed by atoms with Crippen molar-refractivity contribution in [3.05, 3.63) is 77.0 Å². The Morgan fingerprint density at radius 2 is 1.72 bits per heavy atom. The summed E-state index contributed by atoms with van der Waals surface area (Å²) in [6.07, 6.45) is -2.58. The van der Waals surface area contributed by atoms with Crippen molar-refractivity contribution in [3.63, 3.8) is 0 Å². The largest absolute Gasteiger partial charge is 0.508 e. The van der Waals surface area contributed by atoms with Crippen LogP contribution >= 0.6 is 0 Å². The first-order valence-electron chi connectivity index (χ1n) is 15.6. The number of aliphatic carboxylic acids is 2. The number of nitrogens with one attached hydrogen (secondary N) is 2. The summed E-state index contributed by atoms with van der Waals surface area (Å²) in [4.78, 5) is 48.6. The van der Waals surface area contributed by atoms with Crippen molar-refractivity contribution in [3.8, 4) is 17.2 Å². The molecule has 2 aromatic rings. The van der Waals surface area contributed by atoms with Crippen LogP contribution in [0, 0.1) is 0 Å². The molecule has 8 atom stereocenters. The summed E-state index contributed by atoms with van der Waals surface area (Å²) < 4.78 is 16.5. The molecule has 0 radical (unpaired) electrons. The lowest BCUT2D eigenvalue weighted by Gasteiger charge is -2.39. The third-order valence-electron chi connectivity index (χ3n) is 8.68. The zero-order valence-corrected chi connectivity index (χ0v) is 26.6. The third kappa shape index (κ3) is 8.12. The second kappa shape index (κ2) is 15.1. The summed E-state index contributed by atoms with van der Waals surface area (Å²) in [5.74, 6) is -4.10. The van der Waals surface area contributed by atoms with Crippen molar-refractivity contribution in [2.45, 2.75) is 62.6 Å². The van der Waals surface area contributed by atoms with Crippen LogP contribution in [0.3, 0.4) is 0 Å². The fourth-order valence-electron chi connectivity index (χ4n) is 5.94. The number of ether oxygens (including phenoxy) is 3. The Morgan fingerprint density at radius 3 is 2.38 bits per heavy atom. The molecule has 16 nitrogen and oxygen atoms in total. The molecular weight excluding hydrogens is 660 g/mol. The van der Waals surface area contributed by atoms with Crippen LogP contribution in [0.5, 0.6) is 17.2 Å². The molecule has 0 aliphatic carbocycles. The van der Waals surface area contributed by atoms with Crippen LogP contribution in [0.4, 0.5) is 5.69 Å². The summed E-state index contributed by atoms with van der Waals surface area (Å²) in [5, 5.41) is 74.0. The van der Waals surface area contributed by atoms with Gasteiger partial charge in [-0.2, -0.15) is 0 Å². The number of carbonyl (C=O) groups excluding carboxylic acids is 2. The predicted octanol–water partition coefficient (Wildman–Crippen LogP) is -1.09. The molecule has 50 heavy (non-hydrogen) atoms. The van der Waals surface area contributed by atoms with Crippen molar-refractivity contribution >= 4 is 35.5 Å². The van der Waals surface area contributed by atoms with Crippen LogP contribution in [0.1, 0.15) is 24.5 Å². The summed E-state index contributed by atoms with van der Waals surface area (Å²) in [6.45, 7) is 0.834. The lowest BCUT2D eigenvalue weighted by Crippen LogP contribution is -3.11. The average molecular weight is 698 g/mol. The van der Waals surface area contributed by atoms with Crippen molar-refractivity contribution in [1.29, 1.82) is 0 Å². The number of allylic oxidation sites excluding steroid dienone is 1. The number of aliphatic hydroxyl groups is 3. The third-order valence-corrected chi connectivity index (χ3v) is 8.68. The molecule has 5 rings (SSSR count). The van der Waals surface area contributed by atoms with Gasteiger partial charge in [-0.1, -0.05) is 12.1 Å². The molecule has 3 heterocycles. The lowest BCUT2D eigenvalue weighted by atomic mass is 9.97. The molecular formula is C34H37N2O14+. The van der Waals surface area contributed by atoms with E-state index in [1.807, 2.05) is 0 Å². The first kappa shape index (κ1) is 36.0. The van der Waals surface area contributed by atoms with E-state index in [-0.39, 0.29) is 42.4 Å². The summed E-state index contributed by atoms with van der Waals surface area (Å²) >= 11 is 0. The predicted molar refractivity (Wildman–Crippen MR) is 170 cm³/mol. The molecule has 1 unspecified atom stereocenters. The number of phenols is 2. The number of aliphatic hydroxyl groups excluding tert-OH is 3. The van der Waals surface area contributed by atoms with E-state index in [1.54, 1.807) is 18.2 Å². The number of hydrogen-bond acceptors (Lipinski definition) is 13. The number of ketones is 1. The topological polar surface area (TPSA) is 254 Å². The Labute approximate surface area is 284 Å². The molecule has 16 heteroatoms. The molecule has 0 amide bonds. The van der Waals surface area contributed by atoms with Crippen LogP contribution in [0.2, 0.25) is 0 Å². The summed E-state index contributed by atoms with van der Waals surface area (Å²) in [5.41, 5.74) is 1.83. The minimum absolute atomic E-state index is 0.0347. The van der Waals surface area contributed by atoms with Gasteiger partial charge < -0.3 is 55.3 Å². The van der Waals surface area contributed by atoms with Gasteiger partial charge >= 0.3 is 17.9 Å². The Balaban J connectivity index is 1.32. The van der Waals surface area contributed by atoms with Gasteiger partial charge in [0, 0.05) is 24.1 Å². The number of fused-ring (bicyclic) bond motifs is 1. The maximum atomic E-state index is 12.3. The maximum Gasteiger partial charge on any atom is 0.363 e. The van der Waals surface area contributed by atoms with Crippen molar-refractivity contribution in [1.82, 2.24) is 5.32 Å². The van der Waals surface area contributed by atoms with Gasteiger partial charge in [-0.3, -0.25) is 9.69 Å². The van der Waals surface area contributed by atoms with Crippen molar-refractivity contribution in [2.24, 2.45) is 0 Å². The highest BCUT2D eigenvalue weighted by Gasteiger charge is 2.46. The molecule has 3 aliphatic rings. The molecule has 0 spiro atoms. The van der Waals surface area contributed by atoms with Crippen LogP contribution < -0.4 is 15.0 Å². The molecule has 2 aromatic carbocycles. The number of aromatic hydroxyl groups is 2. The van der Waals surface area contributed by atoms with Gasteiger partial charge in [-0.15, -0.1) is 0 Å². The van der Waals surface area contributed by atoms with E-state index in [2.05, 4.69) is 5.32 Å². The second-order valence-electron chi connectivity index (χ2n) is 12.1. The number of hydrogen-bond donors (Lipinski definition) is 9. The molecule has 0 bridgehead atoms. The van der Waals surface area contributed by atoms with Gasteiger partial charge in [0.05, 0.1) is 6.04 Å². The molecule has 0 aromatic heterocycles. The fourth-order valence-corrected chi connectivity index (χ4v) is 5.94. The fraction of sp³-hybridized carbons (Fsp3) is 0.353. The first-order chi connectivity index (χ1) is 23.7. The average Bonchev–Trinajstić information content (AvgIpc) is 3.43. The number of carboxylic acids is 2. The van der Waals surface area contributed by atoms with Crippen LogP contribution in [-0.4, -0.2) is 115 Å². The maximum absolute atomic E-state index is 12.3. The normalized spacial score (nSPS) is 28.4. The molecule has 1 saturated heterocycles. The van der Waals surface area contributed by atoms with E-state index in [0.717, 1.165) is 6.08 Å². The Bertz CT molecular complexity index is 1740. The summed E-state index contributed by atoms with van der Waals surface area (Å²) in [6, 6.07) is 6.89. The molecule has 0 saturated carbocycles. The van der Waals surface area contributed by atoms with Gasteiger partial charge in [0.15, 0.2) is 23.3 Å². The van der Waals surface area contributed by atoms with Gasteiger partial charge in [0.1, 0.15) is 54.7 Å². The second-order valence-corrected chi connectivity index (χ2v) is 12.1. The van der Waals surface area contributed by atoms with E-state index >= 15 is 0 Å².